The fraction of sp³-hybridized carbons (Fsp3) is 0.280. The monoisotopic (exact) mass is 468 g/mol. The fourth-order valence-corrected chi connectivity index (χ4v) is 3.42. The van der Waals surface area contributed by atoms with Gasteiger partial charge in [-0.05, 0) is 36.4 Å². The first kappa shape index (κ1) is 24.7. The molecule has 3 rings (SSSR count). The van der Waals surface area contributed by atoms with Gasteiger partial charge in [-0.2, -0.15) is 0 Å². The van der Waals surface area contributed by atoms with Crippen LogP contribution in [0.25, 0.3) is 0 Å². The zero-order chi connectivity index (χ0) is 24.7. The molecule has 9 nitrogen and oxygen atoms in total. The molecule has 0 unspecified atom stereocenters. The number of aliphatic hydroxyl groups is 1. The number of hydrogen-bond acceptors (Lipinski definition) is 9. The van der Waals surface area contributed by atoms with Crippen LogP contribution < -0.4 is 0 Å². The number of carbonyl (C=O) groups excluding carboxylic acids is 4. The van der Waals surface area contributed by atoms with Crippen molar-refractivity contribution in [2.24, 2.45) is 0 Å². The summed E-state index contributed by atoms with van der Waals surface area (Å²) in [7, 11) is 0. The van der Waals surface area contributed by atoms with Crippen molar-refractivity contribution < 1.29 is 43.2 Å². The molecule has 2 aromatic carbocycles. The Balaban J connectivity index is 1.98. The lowest BCUT2D eigenvalue weighted by Crippen LogP contribution is -2.64. The number of hydrogen-bond donors (Lipinski definition) is 1. The van der Waals surface area contributed by atoms with Crippen molar-refractivity contribution in [2.45, 2.75) is 37.8 Å². The van der Waals surface area contributed by atoms with Gasteiger partial charge in [0.25, 0.3) is 0 Å². The molecule has 0 saturated heterocycles. The van der Waals surface area contributed by atoms with E-state index in [0.717, 1.165) is 13.8 Å². The van der Waals surface area contributed by atoms with Gasteiger partial charge in [0.15, 0.2) is 23.9 Å². The van der Waals surface area contributed by atoms with Crippen molar-refractivity contribution in [3.63, 3.8) is 0 Å². The Labute approximate surface area is 195 Å². The maximum absolute atomic E-state index is 12.9. The highest BCUT2D eigenvalue weighted by Gasteiger charge is 2.55. The van der Waals surface area contributed by atoms with Crippen LogP contribution in [0.5, 0.6) is 0 Å². The van der Waals surface area contributed by atoms with Crippen molar-refractivity contribution >= 4 is 23.9 Å². The average molecular weight is 468 g/mol. The summed E-state index contributed by atoms with van der Waals surface area (Å²) in [5, 5.41) is 11.6. The van der Waals surface area contributed by atoms with E-state index in [4.69, 9.17) is 18.9 Å². The minimum absolute atomic E-state index is 0.170. The maximum atomic E-state index is 12.9. The number of carbonyl (C=O) groups is 4. The van der Waals surface area contributed by atoms with Gasteiger partial charge in [0, 0.05) is 13.8 Å². The third-order valence-electron chi connectivity index (χ3n) is 5.06. The van der Waals surface area contributed by atoms with Gasteiger partial charge in [-0.25, -0.2) is 9.59 Å². The van der Waals surface area contributed by atoms with Crippen molar-refractivity contribution in [1.82, 2.24) is 0 Å². The van der Waals surface area contributed by atoms with Crippen LogP contribution in [0, 0.1) is 0 Å². The Hall–Kier alpha value is -3.98. The van der Waals surface area contributed by atoms with Crippen LogP contribution in [0.2, 0.25) is 0 Å². The lowest BCUT2D eigenvalue weighted by molar-refractivity contribution is -0.206. The van der Waals surface area contributed by atoms with Crippen LogP contribution in [0.3, 0.4) is 0 Å². The van der Waals surface area contributed by atoms with E-state index in [-0.39, 0.29) is 11.1 Å². The summed E-state index contributed by atoms with van der Waals surface area (Å²) >= 11 is 0. The van der Waals surface area contributed by atoms with Crippen LogP contribution in [0.1, 0.15) is 34.6 Å². The molecule has 0 radical (unpaired) electrons. The molecular formula is C25H24O9. The smallest absolute Gasteiger partial charge is 0.338 e. The normalized spacial score (nSPS) is 23.4. The number of rotatable bonds is 7. The van der Waals surface area contributed by atoms with Crippen LogP contribution in [-0.2, 0) is 28.5 Å². The lowest BCUT2D eigenvalue weighted by atomic mass is 9.82. The molecule has 0 aromatic heterocycles. The second-order valence-electron chi connectivity index (χ2n) is 7.61. The van der Waals surface area contributed by atoms with Gasteiger partial charge in [0.05, 0.1) is 11.1 Å². The molecule has 0 bridgehead atoms. The van der Waals surface area contributed by atoms with Crippen molar-refractivity contribution in [1.29, 1.82) is 0 Å². The first-order valence-electron chi connectivity index (χ1n) is 10.4. The van der Waals surface area contributed by atoms with E-state index < -0.39 is 54.4 Å². The summed E-state index contributed by atoms with van der Waals surface area (Å²) in [6.07, 6.45) is -1.58. The standard InChI is InChI=1S/C25H24O9/c1-16(26)31-15-25(30)21(32-17(2)27)14-13-20(33-23(28)18-9-5-3-6-10-18)22(25)34-24(29)19-11-7-4-8-12-19/h3-14,20-22,30H,15H2,1-2H3/t20-,21+,22+,25-/m1/s1. The molecule has 0 saturated carbocycles. The van der Waals surface area contributed by atoms with Gasteiger partial charge in [-0.3, -0.25) is 9.59 Å². The fourth-order valence-electron chi connectivity index (χ4n) is 3.42. The van der Waals surface area contributed by atoms with E-state index in [1.54, 1.807) is 36.4 Å². The van der Waals surface area contributed by atoms with Gasteiger partial charge in [0.1, 0.15) is 6.61 Å². The van der Waals surface area contributed by atoms with Crippen molar-refractivity contribution in [3.8, 4) is 0 Å². The maximum Gasteiger partial charge on any atom is 0.338 e. The van der Waals surface area contributed by atoms with Crippen LogP contribution in [-0.4, -0.2) is 59.5 Å². The summed E-state index contributed by atoms with van der Waals surface area (Å²) in [4.78, 5) is 48.7. The topological polar surface area (TPSA) is 125 Å². The predicted octanol–water partition coefficient (Wildman–Crippen LogP) is 2.23. The number of esters is 4. The minimum atomic E-state index is -2.25. The van der Waals surface area contributed by atoms with Gasteiger partial charge >= 0.3 is 23.9 Å². The summed E-state index contributed by atoms with van der Waals surface area (Å²) in [5.74, 6) is -3.03. The van der Waals surface area contributed by atoms with E-state index in [2.05, 4.69) is 0 Å². The highest BCUT2D eigenvalue weighted by atomic mass is 16.6. The molecule has 0 aliphatic heterocycles. The molecule has 0 heterocycles. The molecule has 34 heavy (non-hydrogen) atoms. The van der Waals surface area contributed by atoms with E-state index in [9.17, 15) is 24.3 Å². The Morgan fingerprint density at radius 2 is 1.29 bits per heavy atom. The van der Waals surface area contributed by atoms with E-state index in [1.165, 1.54) is 36.4 Å². The average Bonchev–Trinajstić information content (AvgIpc) is 2.82. The number of ether oxygens (including phenoxy) is 4. The first-order valence-corrected chi connectivity index (χ1v) is 10.4. The van der Waals surface area contributed by atoms with Crippen molar-refractivity contribution in [3.05, 3.63) is 83.9 Å². The summed E-state index contributed by atoms with van der Waals surface area (Å²) in [6.45, 7) is 1.56. The van der Waals surface area contributed by atoms with Gasteiger partial charge in [0.2, 0.25) is 0 Å². The van der Waals surface area contributed by atoms with Gasteiger partial charge < -0.3 is 24.1 Å². The Bertz CT molecular complexity index is 1060. The van der Waals surface area contributed by atoms with Crippen molar-refractivity contribution in [2.75, 3.05) is 6.61 Å². The van der Waals surface area contributed by atoms with Gasteiger partial charge in [-0.1, -0.05) is 36.4 Å². The molecule has 2 aromatic rings. The predicted molar refractivity (Wildman–Crippen MR) is 118 cm³/mol. The van der Waals surface area contributed by atoms with Crippen LogP contribution >= 0.6 is 0 Å². The second kappa shape index (κ2) is 10.8. The van der Waals surface area contributed by atoms with E-state index in [1.807, 2.05) is 0 Å². The molecule has 0 fully saturated rings. The molecule has 0 amide bonds. The molecule has 178 valence electrons. The zero-order valence-corrected chi connectivity index (χ0v) is 18.6. The lowest BCUT2D eigenvalue weighted by Gasteiger charge is -2.43. The minimum Gasteiger partial charge on any atom is -0.462 e. The molecule has 9 heteroatoms. The molecule has 0 spiro atoms. The third-order valence-corrected chi connectivity index (χ3v) is 5.06. The highest BCUT2D eigenvalue weighted by Crippen LogP contribution is 2.33. The van der Waals surface area contributed by atoms with Gasteiger partial charge in [-0.15, -0.1) is 0 Å². The molecular weight excluding hydrogens is 444 g/mol. The van der Waals surface area contributed by atoms with Crippen LogP contribution in [0.15, 0.2) is 72.8 Å². The van der Waals surface area contributed by atoms with Crippen LogP contribution in [0.4, 0.5) is 0 Å². The summed E-state index contributed by atoms with van der Waals surface area (Å²) < 4.78 is 21.3. The third kappa shape index (κ3) is 5.87. The second-order valence-corrected chi connectivity index (χ2v) is 7.61. The molecule has 1 aliphatic carbocycles. The highest BCUT2D eigenvalue weighted by molar-refractivity contribution is 5.90. The molecule has 4 atom stereocenters. The summed E-state index contributed by atoms with van der Waals surface area (Å²) in [6, 6.07) is 16.0. The zero-order valence-electron chi connectivity index (χ0n) is 18.6. The summed E-state index contributed by atoms with van der Waals surface area (Å²) in [5.41, 5.74) is -1.85. The Kier molecular flexibility index (Phi) is 7.80. The molecule has 1 aliphatic rings. The van der Waals surface area contributed by atoms with E-state index in [0.29, 0.717) is 0 Å². The van der Waals surface area contributed by atoms with E-state index >= 15 is 0 Å². The largest absolute Gasteiger partial charge is 0.462 e. The number of benzene rings is 2. The first-order chi connectivity index (χ1) is 16.2. The Morgan fingerprint density at radius 1 is 0.765 bits per heavy atom. The SMILES string of the molecule is CC(=O)OC[C@@]1(O)[C@@H](OC(C)=O)C=C[C@@H](OC(=O)c2ccccc2)[C@@H]1OC(=O)c1ccccc1. The molecule has 1 N–H and O–H groups in total. The quantitative estimate of drug-likeness (QED) is 0.370. The Morgan fingerprint density at radius 3 is 1.79 bits per heavy atom.